The molecule has 5 nitrogen and oxygen atoms in total. The number of ether oxygens (including phenoxy) is 1. The number of carbonyl (C=O) groups excluding carboxylic acids is 1. The van der Waals surface area contributed by atoms with Gasteiger partial charge in [0.15, 0.2) is 6.10 Å². The molecule has 1 aliphatic rings. The van der Waals surface area contributed by atoms with E-state index < -0.39 is 6.10 Å². The summed E-state index contributed by atoms with van der Waals surface area (Å²) in [5, 5.41) is 3.53. The first kappa shape index (κ1) is 13.0. The summed E-state index contributed by atoms with van der Waals surface area (Å²) in [6.45, 7) is 1.24. The molecule has 104 valence electrons. The molecule has 0 unspecified atom stereocenters. The molecule has 1 atom stereocenters. The highest BCUT2D eigenvalue weighted by atomic mass is 35.5. The van der Waals surface area contributed by atoms with Crippen LogP contribution in [-0.4, -0.2) is 28.1 Å². The third kappa shape index (κ3) is 2.77. The van der Waals surface area contributed by atoms with Gasteiger partial charge in [0.1, 0.15) is 5.75 Å². The second-order valence-corrected chi connectivity index (χ2v) is 5.09. The molecule has 1 amide bonds. The van der Waals surface area contributed by atoms with Crippen molar-refractivity contribution in [3.63, 3.8) is 0 Å². The summed E-state index contributed by atoms with van der Waals surface area (Å²) < 4.78 is 7.53. The van der Waals surface area contributed by atoms with Gasteiger partial charge in [0.2, 0.25) is 0 Å². The Balaban J connectivity index is 1.52. The van der Waals surface area contributed by atoms with Gasteiger partial charge in [0.05, 0.1) is 6.33 Å². The lowest BCUT2D eigenvalue weighted by atomic mass is 10.1. The Morgan fingerprint density at radius 1 is 1.55 bits per heavy atom. The second-order valence-electron chi connectivity index (χ2n) is 4.65. The van der Waals surface area contributed by atoms with Gasteiger partial charge in [-0.1, -0.05) is 11.6 Å². The Hall–Kier alpha value is -2.01. The number of nitrogens with one attached hydrogen (secondary N) is 1. The van der Waals surface area contributed by atoms with E-state index in [1.54, 1.807) is 24.7 Å². The minimum absolute atomic E-state index is 0.0996. The van der Waals surface area contributed by atoms with Gasteiger partial charge in [0.25, 0.3) is 5.91 Å². The smallest absolute Gasteiger partial charge is 0.261 e. The third-order valence-electron chi connectivity index (χ3n) is 3.22. The predicted molar refractivity (Wildman–Crippen MR) is 74.8 cm³/mol. The number of aromatic nitrogens is 2. The molecule has 0 fully saturated rings. The highest BCUT2D eigenvalue weighted by Gasteiger charge is 2.28. The number of benzene rings is 1. The summed E-state index contributed by atoms with van der Waals surface area (Å²) in [6, 6.07) is 5.41. The minimum Gasteiger partial charge on any atom is -0.480 e. The van der Waals surface area contributed by atoms with Crippen LogP contribution in [0.25, 0.3) is 0 Å². The fourth-order valence-corrected chi connectivity index (χ4v) is 2.40. The number of hydrogen-bond acceptors (Lipinski definition) is 3. The summed E-state index contributed by atoms with van der Waals surface area (Å²) in [6.07, 6.45) is 5.38. The molecule has 1 N–H and O–H groups in total. The molecule has 0 aliphatic carbocycles. The number of imidazole rings is 1. The van der Waals surface area contributed by atoms with Gasteiger partial charge in [-0.05, 0) is 23.8 Å². The van der Waals surface area contributed by atoms with Crippen LogP contribution in [0.3, 0.4) is 0 Å². The van der Waals surface area contributed by atoms with E-state index in [0.717, 1.165) is 11.3 Å². The molecule has 1 aromatic heterocycles. The Bertz CT molecular complexity index is 613. The largest absolute Gasteiger partial charge is 0.480 e. The molecule has 0 saturated heterocycles. The van der Waals surface area contributed by atoms with E-state index in [1.165, 1.54) is 0 Å². The summed E-state index contributed by atoms with van der Waals surface area (Å²) in [5.74, 6) is 0.640. The zero-order valence-electron chi connectivity index (χ0n) is 10.8. The van der Waals surface area contributed by atoms with E-state index in [2.05, 4.69) is 10.3 Å². The Morgan fingerprint density at radius 3 is 3.25 bits per heavy atom. The number of halogens is 1. The van der Waals surface area contributed by atoms with Crippen LogP contribution < -0.4 is 10.1 Å². The van der Waals surface area contributed by atoms with Crippen LogP contribution >= 0.6 is 11.6 Å². The molecule has 0 spiro atoms. The third-order valence-corrected chi connectivity index (χ3v) is 3.45. The van der Waals surface area contributed by atoms with E-state index in [4.69, 9.17) is 16.3 Å². The molecule has 0 bridgehead atoms. The van der Waals surface area contributed by atoms with Crippen LogP contribution in [0.1, 0.15) is 5.56 Å². The number of hydrogen-bond donors (Lipinski definition) is 1. The van der Waals surface area contributed by atoms with Crippen molar-refractivity contribution < 1.29 is 9.53 Å². The molecule has 20 heavy (non-hydrogen) atoms. The Labute approximate surface area is 121 Å². The van der Waals surface area contributed by atoms with Crippen molar-refractivity contribution >= 4 is 17.5 Å². The predicted octanol–water partition coefficient (Wildman–Crippen LogP) is 1.66. The molecular weight excluding hydrogens is 278 g/mol. The number of fused-ring (bicyclic) bond motifs is 1. The molecule has 6 heteroatoms. The first-order valence-corrected chi connectivity index (χ1v) is 6.79. The van der Waals surface area contributed by atoms with Crippen LogP contribution in [0.4, 0.5) is 0 Å². The zero-order chi connectivity index (χ0) is 13.9. The van der Waals surface area contributed by atoms with Crippen LogP contribution in [0.15, 0.2) is 36.9 Å². The van der Waals surface area contributed by atoms with Crippen LogP contribution in [0.5, 0.6) is 5.75 Å². The fraction of sp³-hybridized carbons (Fsp3) is 0.286. The summed E-state index contributed by atoms with van der Waals surface area (Å²) in [7, 11) is 0. The quantitative estimate of drug-likeness (QED) is 0.932. The number of nitrogens with zero attached hydrogens (tertiary/aromatic N) is 2. The van der Waals surface area contributed by atoms with E-state index in [0.29, 0.717) is 24.5 Å². The van der Waals surface area contributed by atoms with Gasteiger partial charge in [-0.15, -0.1) is 0 Å². The maximum Gasteiger partial charge on any atom is 0.261 e. The maximum atomic E-state index is 12.0. The number of amides is 1. The molecule has 1 aliphatic heterocycles. The lowest BCUT2D eigenvalue weighted by molar-refractivity contribution is -0.127. The highest BCUT2D eigenvalue weighted by Crippen LogP contribution is 2.30. The van der Waals surface area contributed by atoms with E-state index in [1.807, 2.05) is 16.8 Å². The van der Waals surface area contributed by atoms with Gasteiger partial charge < -0.3 is 14.6 Å². The molecule has 1 aromatic carbocycles. The average molecular weight is 292 g/mol. The van der Waals surface area contributed by atoms with Crippen LogP contribution in [-0.2, 0) is 17.8 Å². The summed E-state index contributed by atoms with van der Waals surface area (Å²) in [5.41, 5.74) is 0.979. The topological polar surface area (TPSA) is 56.2 Å². The van der Waals surface area contributed by atoms with Gasteiger partial charge >= 0.3 is 0 Å². The van der Waals surface area contributed by atoms with E-state index in [-0.39, 0.29) is 5.91 Å². The standard InChI is InChI=1S/C14H14ClN3O2/c15-11-1-2-12-10(7-11)8-13(20-12)14(19)17-4-6-18-5-3-16-9-18/h1-3,5,7,9,13H,4,6,8H2,(H,17,19)/t13-/m1/s1. The molecule has 2 aromatic rings. The van der Waals surface area contributed by atoms with Crippen molar-refractivity contribution in [2.45, 2.75) is 19.1 Å². The van der Waals surface area contributed by atoms with Crippen molar-refractivity contribution in [3.05, 3.63) is 47.5 Å². The Morgan fingerprint density at radius 2 is 2.45 bits per heavy atom. The monoisotopic (exact) mass is 291 g/mol. The summed E-state index contributed by atoms with van der Waals surface area (Å²) in [4.78, 5) is 16.0. The molecule has 0 saturated carbocycles. The van der Waals surface area contributed by atoms with E-state index >= 15 is 0 Å². The molecule has 3 rings (SSSR count). The normalized spacial score (nSPS) is 16.6. The molecule has 2 heterocycles. The van der Waals surface area contributed by atoms with Gasteiger partial charge in [-0.25, -0.2) is 4.98 Å². The first-order valence-electron chi connectivity index (χ1n) is 6.41. The van der Waals surface area contributed by atoms with Crippen molar-refractivity contribution in [1.82, 2.24) is 14.9 Å². The van der Waals surface area contributed by atoms with Crippen molar-refractivity contribution in [3.8, 4) is 5.75 Å². The van der Waals surface area contributed by atoms with Crippen LogP contribution in [0.2, 0.25) is 5.02 Å². The molecular formula is C14H14ClN3O2. The van der Waals surface area contributed by atoms with E-state index in [9.17, 15) is 4.79 Å². The lowest BCUT2D eigenvalue weighted by Gasteiger charge is -2.11. The van der Waals surface area contributed by atoms with Gasteiger partial charge in [-0.2, -0.15) is 0 Å². The first-order chi connectivity index (χ1) is 9.72. The Kier molecular flexibility index (Phi) is 3.60. The van der Waals surface area contributed by atoms with Crippen molar-refractivity contribution in [2.75, 3.05) is 6.54 Å². The second kappa shape index (κ2) is 5.54. The number of rotatable bonds is 4. The number of carbonyl (C=O) groups is 1. The highest BCUT2D eigenvalue weighted by molar-refractivity contribution is 6.30. The van der Waals surface area contributed by atoms with Crippen molar-refractivity contribution in [2.24, 2.45) is 0 Å². The van der Waals surface area contributed by atoms with Gasteiger partial charge in [-0.3, -0.25) is 4.79 Å². The lowest BCUT2D eigenvalue weighted by Crippen LogP contribution is -2.38. The van der Waals surface area contributed by atoms with Gasteiger partial charge in [0, 0.05) is 36.9 Å². The van der Waals surface area contributed by atoms with Crippen molar-refractivity contribution in [1.29, 1.82) is 0 Å². The fourth-order valence-electron chi connectivity index (χ4n) is 2.20. The maximum absolute atomic E-state index is 12.0. The summed E-state index contributed by atoms with van der Waals surface area (Å²) >= 11 is 5.93. The molecule has 0 radical (unpaired) electrons. The zero-order valence-corrected chi connectivity index (χ0v) is 11.5. The van der Waals surface area contributed by atoms with Crippen LogP contribution in [0, 0.1) is 0 Å². The minimum atomic E-state index is -0.466. The average Bonchev–Trinajstić information content (AvgIpc) is 3.06. The SMILES string of the molecule is O=C(NCCn1ccnc1)[C@H]1Cc2cc(Cl)ccc2O1.